The van der Waals surface area contributed by atoms with Crippen LogP contribution in [0, 0.1) is 6.92 Å². The van der Waals surface area contributed by atoms with Crippen molar-refractivity contribution in [1.29, 1.82) is 0 Å². The van der Waals surface area contributed by atoms with Crippen LogP contribution in [0.25, 0.3) is 11.3 Å². The predicted octanol–water partition coefficient (Wildman–Crippen LogP) is 5.08. The Morgan fingerprint density at radius 1 is 1.10 bits per heavy atom. The number of hydrogen-bond acceptors (Lipinski definition) is 4. The van der Waals surface area contributed by atoms with Crippen molar-refractivity contribution in [3.8, 4) is 22.8 Å². The summed E-state index contributed by atoms with van der Waals surface area (Å²) in [5.74, 6) is -2.59. The van der Waals surface area contributed by atoms with Crippen LogP contribution in [0.1, 0.15) is 33.5 Å². The maximum atomic E-state index is 13.2. The van der Waals surface area contributed by atoms with E-state index in [-0.39, 0.29) is 0 Å². The van der Waals surface area contributed by atoms with Crippen molar-refractivity contribution in [3.63, 3.8) is 0 Å². The first kappa shape index (κ1) is 20.7. The molecule has 0 saturated heterocycles. The summed E-state index contributed by atoms with van der Waals surface area (Å²) < 4.78 is 39.5. The molecule has 0 radical (unpaired) electrons. The van der Waals surface area contributed by atoms with Crippen LogP contribution in [0.3, 0.4) is 0 Å². The molecule has 5 nitrogen and oxygen atoms in total. The normalized spacial score (nSPS) is 13.7. The van der Waals surface area contributed by atoms with E-state index in [1.54, 1.807) is 12.3 Å². The van der Waals surface area contributed by atoms with Crippen molar-refractivity contribution >= 4 is 11.6 Å². The van der Waals surface area contributed by atoms with Crippen LogP contribution < -0.4 is 4.90 Å². The number of nitrogens with zero attached hydrogens (tertiary/aromatic N) is 2. The Morgan fingerprint density at radius 2 is 1.87 bits per heavy atom. The van der Waals surface area contributed by atoms with Crippen LogP contribution in [0.2, 0.25) is 0 Å². The van der Waals surface area contributed by atoms with Crippen LogP contribution in [0.4, 0.5) is 18.9 Å². The van der Waals surface area contributed by atoms with Gasteiger partial charge in [0.15, 0.2) is 0 Å². The minimum Gasteiger partial charge on any atom is -0.507 e. The Labute approximate surface area is 176 Å². The molecule has 0 fully saturated rings. The molecule has 0 saturated carbocycles. The third-order valence-electron chi connectivity index (χ3n) is 5.38. The second-order valence-electron chi connectivity index (χ2n) is 7.46. The Balaban J connectivity index is 1.74. The van der Waals surface area contributed by atoms with Crippen LogP contribution in [0.5, 0.6) is 11.5 Å². The van der Waals surface area contributed by atoms with Crippen molar-refractivity contribution in [1.82, 2.24) is 4.98 Å². The van der Waals surface area contributed by atoms with Gasteiger partial charge in [0.1, 0.15) is 11.5 Å². The topological polar surface area (TPSA) is 73.7 Å². The van der Waals surface area contributed by atoms with Gasteiger partial charge in [-0.05, 0) is 55.2 Å². The van der Waals surface area contributed by atoms with Gasteiger partial charge in [0.25, 0.3) is 5.91 Å². The lowest BCUT2D eigenvalue weighted by atomic mass is 9.96. The van der Waals surface area contributed by atoms with Crippen LogP contribution >= 0.6 is 0 Å². The molecule has 0 spiro atoms. The summed E-state index contributed by atoms with van der Waals surface area (Å²) >= 11 is 0. The monoisotopic (exact) mass is 428 g/mol. The number of anilines is 1. The van der Waals surface area contributed by atoms with E-state index < -0.39 is 34.7 Å². The van der Waals surface area contributed by atoms with Gasteiger partial charge in [0, 0.05) is 30.1 Å². The van der Waals surface area contributed by atoms with Gasteiger partial charge in [-0.1, -0.05) is 12.1 Å². The third-order valence-corrected chi connectivity index (χ3v) is 5.38. The van der Waals surface area contributed by atoms with E-state index in [0.29, 0.717) is 37.2 Å². The molecule has 0 aliphatic carbocycles. The molecule has 160 valence electrons. The fourth-order valence-electron chi connectivity index (χ4n) is 3.86. The number of benzene rings is 2. The molecule has 0 atom stereocenters. The lowest BCUT2D eigenvalue weighted by Gasteiger charge is -2.30. The van der Waals surface area contributed by atoms with E-state index in [2.05, 4.69) is 4.98 Å². The van der Waals surface area contributed by atoms with Crippen LogP contribution in [0.15, 0.2) is 48.7 Å². The number of aromatic nitrogens is 1. The number of hydrogen-bond donors (Lipinski definition) is 2. The van der Waals surface area contributed by atoms with E-state index in [1.807, 2.05) is 31.2 Å². The SMILES string of the molecule is Cc1cccnc1-c1ccc2c(c1)CCCN2C(=O)c1cc(C(F)(F)F)c(O)cc1O. The molecule has 1 aliphatic heterocycles. The number of rotatable bonds is 2. The van der Waals surface area contributed by atoms with E-state index in [0.717, 1.165) is 22.4 Å². The highest BCUT2D eigenvalue weighted by Crippen LogP contribution is 2.40. The molecule has 2 heterocycles. The van der Waals surface area contributed by atoms with Crippen molar-refractivity contribution in [3.05, 3.63) is 70.9 Å². The molecule has 8 heteroatoms. The number of amides is 1. The lowest BCUT2D eigenvalue weighted by molar-refractivity contribution is -0.138. The molecule has 31 heavy (non-hydrogen) atoms. The summed E-state index contributed by atoms with van der Waals surface area (Å²) in [4.78, 5) is 18.9. The zero-order valence-corrected chi connectivity index (χ0v) is 16.6. The Morgan fingerprint density at radius 3 is 2.58 bits per heavy atom. The zero-order chi connectivity index (χ0) is 22.3. The van der Waals surface area contributed by atoms with Crippen molar-refractivity contribution in [2.45, 2.75) is 25.9 Å². The van der Waals surface area contributed by atoms with E-state index in [1.165, 1.54) is 4.90 Å². The first-order valence-electron chi connectivity index (χ1n) is 9.67. The van der Waals surface area contributed by atoms with E-state index in [4.69, 9.17) is 0 Å². The number of aryl methyl sites for hydroxylation is 2. The molecule has 2 aromatic carbocycles. The highest BCUT2D eigenvalue weighted by Gasteiger charge is 2.36. The summed E-state index contributed by atoms with van der Waals surface area (Å²) in [6.45, 7) is 2.25. The standard InChI is InChI=1S/C23H19F3N2O3/c1-13-4-2-8-27-21(13)15-6-7-18-14(10-15)5-3-9-28(18)22(31)16-11-17(23(24,25)26)20(30)12-19(16)29/h2,4,6-8,10-12,29-30H,3,5,9H2,1H3. The summed E-state index contributed by atoms with van der Waals surface area (Å²) in [5.41, 5.74) is 2.28. The molecule has 1 aromatic heterocycles. The zero-order valence-electron chi connectivity index (χ0n) is 16.6. The van der Waals surface area contributed by atoms with Gasteiger partial charge in [-0.15, -0.1) is 0 Å². The number of fused-ring (bicyclic) bond motifs is 1. The third kappa shape index (κ3) is 3.81. The van der Waals surface area contributed by atoms with E-state index in [9.17, 15) is 28.2 Å². The van der Waals surface area contributed by atoms with Crippen LogP contribution in [-0.2, 0) is 12.6 Å². The summed E-state index contributed by atoms with van der Waals surface area (Å²) in [7, 11) is 0. The maximum Gasteiger partial charge on any atom is 0.419 e. The van der Waals surface area contributed by atoms with Gasteiger partial charge >= 0.3 is 6.18 Å². The quantitative estimate of drug-likeness (QED) is 0.597. The average molecular weight is 428 g/mol. The molecule has 2 N–H and O–H groups in total. The molecular weight excluding hydrogens is 409 g/mol. The smallest absolute Gasteiger partial charge is 0.419 e. The number of pyridine rings is 1. The summed E-state index contributed by atoms with van der Waals surface area (Å²) in [5, 5.41) is 19.6. The van der Waals surface area contributed by atoms with Gasteiger partial charge in [-0.25, -0.2) is 0 Å². The predicted molar refractivity (Wildman–Crippen MR) is 109 cm³/mol. The van der Waals surface area contributed by atoms with Gasteiger partial charge in [-0.2, -0.15) is 13.2 Å². The van der Waals surface area contributed by atoms with Gasteiger partial charge in [0.05, 0.1) is 16.8 Å². The number of phenolic OH excluding ortho intramolecular Hbond substituents is 2. The summed E-state index contributed by atoms with van der Waals surface area (Å²) in [6.07, 6.45) is -1.84. The number of alkyl halides is 3. The largest absolute Gasteiger partial charge is 0.507 e. The van der Waals surface area contributed by atoms with Crippen molar-refractivity contribution < 1.29 is 28.2 Å². The van der Waals surface area contributed by atoms with Gasteiger partial charge < -0.3 is 15.1 Å². The van der Waals surface area contributed by atoms with E-state index >= 15 is 0 Å². The molecule has 1 aliphatic rings. The Kier molecular flexibility index (Phi) is 5.08. The molecule has 1 amide bonds. The number of halogens is 3. The number of aromatic hydroxyl groups is 2. The Hall–Kier alpha value is -3.55. The first-order valence-corrected chi connectivity index (χ1v) is 9.67. The number of carbonyl (C=O) groups is 1. The fraction of sp³-hybridized carbons (Fsp3) is 0.217. The second-order valence-corrected chi connectivity index (χ2v) is 7.46. The molecule has 4 rings (SSSR count). The maximum absolute atomic E-state index is 13.2. The molecule has 0 bridgehead atoms. The number of carbonyl (C=O) groups excluding carboxylic acids is 1. The van der Waals surface area contributed by atoms with Crippen LogP contribution in [-0.4, -0.2) is 27.6 Å². The second kappa shape index (κ2) is 7.61. The highest BCUT2D eigenvalue weighted by molar-refractivity contribution is 6.08. The molecule has 0 unspecified atom stereocenters. The minimum atomic E-state index is -4.86. The van der Waals surface area contributed by atoms with Gasteiger partial charge in [-0.3, -0.25) is 9.78 Å². The fourth-order valence-corrected chi connectivity index (χ4v) is 3.86. The molecule has 3 aromatic rings. The highest BCUT2D eigenvalue weighted by atomic mass is 19.4. The lowest BCUT2D eigenvalue weighted by Crippen LogP contribution is -2.35. The first-order chi connectivity index (χ1) is 14.7. The number of phenols is 2. The Bertz CT molecular complexity index is 1180. The van der Waals surface area contributed by atoms with Gasteiger partial charge in [0.2, 0.25) is 0 Å². The average Bonchev–Trinajstić information content (AvgIpc) is 2.72. The van der Waals surface area contributed by atoms with Crippen molar-refractivity contribution in [2.24, 2.45) is 0 Å². The molecular formula is C23H19F3N2O3. The minimum absolute atomic E-state index is 0.301. The summed E-state index contributed by atoms with van der Waals surface area (Å²) in [6, 6.07) is 10.3. The van der Waals surface area contributed by atoms with Crippen molar-refractivity contribution in [2.75, 3.05) is 11.4 Å².